The van der Waals surface area contributed by atoms with E-state index in [4.69, 9.17) is 4.52 Å². The summed E-state index contributed by atoms with van der Waals surface area (Å²) in [6, 6.07) is -0.133. The Labute approximate surface area is 152 Å². The molecular weight excluding hydrogens is 334 g/mol. The van der Waals surface area contributed by atoms with Crippen LogP contribution in [0.4, 0.5) is 0 Å². The van der Waals surface area contributed by atoms with E-state index in [1.165, 1.54) is 6.92 Å². The molecule has 138 valence electrons. The fraction of sp³-hybridized carbons (Fsp3) is 0.500. The van der Waals surface area contributed by atoms with Crippen molar-refractivity contribution in [1.82, 2.24) is 25.3 Å². The van der Waals surface area contributed by atoms with Crippen LogP contribution in [0.15, 0.2) is 16.9 Å². The van der Waals surface area contributed by atoms with Gasteiger partial charge in [-0.15, -0.1) is 0 Å². The lowest BCUT2D eigenvalue weighted by Crippen LogP contribution is -2.32. The van der Waals surface area contributed by atoms with Crippen molar-refractivity contribution in [3.05, 3.63) is 40.8 Å². The van der Waals surface area contributed by atoms with E-state index in [0.29, 0.717) is 42.2 Å². The standard InChI is InChI=1S/C18H23N5O3/c1-4-14-17(11(2)26-22-14)18(25)23-7-5-6-16(23)15-10-19-8-13(21-15)9-20-12(3)24/h8,10,16H,4-7,9H2,1-3H3,(H,20,24). The minimum atomic E-state index is -0.133. The average molecular weight is 357 g/mol. The molecule has 0 aliphatic carbocycles. The third kappa shape index (κ3) is 3.58. The largest absolute Gasteiger partial charge is 0.361 e. The van der Waals surface area contributed by atoms with E-state index < -0.39 is 0 Å². The number of rotatable bonds is 5. The summed E-state index contributed by atoms with van der Waals surface area (Å²) in [6.45, 7) is 6.16. The molecule has 3 heterocycles. The third-order valence-electron chi connectivity index (χ3n) is 4.56. The van der Waals surface area contributed by atoms with E-state index in [1.807, 2.05) is 11.8 Å². The molecule has 0 aromatic carbocycles. The topological polar surface area (TPSA) is 101 Å². The Morgan fingerprint density at radius 2 is 2.19 bits per heavy atom. The van der Waals surface area contributed by atoms with Crippen molar-refractivity contribution in [3.8, 4) is 0 Å². The highest BCUT2D eigenvalue weighted by atomic mass is 16.5. The Morgan fingerprint density at radius 1 is 1.38 bits per heavy atom. The maximum absolute atomic E-state index is 13.1. The number of likely N-dealkylation sites (tertiary alicyclic amines) is 1. The predicted octanol–water partition coefficient (Wildman–Crippen LogP) is 1.95. The number of amides is 2. The lowest BCUT2D eigenvalue weighted by molar-refractivity contribution is -0.119. The van der Waals surface area contributed by atoms with E-state index >= 15 is 0 Å². The molecule has 2 aromatic heterocycles. The molecule has 1 aliphatic heterocycles. The number of hydrogen-bond acceptors (Lipinski definition) is 6. The van der Waals surface area contributed by atoms with Gasteiger partial charge in [0.25, 0.3) is 5.91 Å². The number of aryl methyl sites for hydroxylation is 2. The predicted molar refractivity (Wildman–Crippen MR) is 93.2 cm³/mol. The molecule has 1 atom stereocenters. The summed E-state index contributed by atoms with van der Waals surface area (Å²) in [5.41, 5.74) is 2.66. The van der Waals surface area contributed by atoms with Crippen molar-refractivity contribution < 1.29 is 14.1 Å². The number of aromatic nitrogens is 3. The monoisotopic (exact) mass is 357 g/mol. The molecule has 1 fully saturated rings. The molecule has 1 saturated heterocycles. The number of carbonyl (C=O) groups is 2. The van der Waals surface area contributed by atoms with Crippen LogP contribution in [-0.2, 0) is 17.8 Å². The Balaban J connectivity index is 1.84. The van der Waals surface area contributed by atoms with Crippen molar-refractivity contribution in [2.45, 2.75) is 52.6 Å². The third-order valence-corrected chi connectivity index (χ3v) is 4.56. The molecule has 3 rings (SSSR count). The van der Waals surface area contributed by atoms with Crippen LogP contribution in [-0.4, -0.2) is 38.4 Å². The van der Waals surface area contributed by atoms with Crippen LogP contribution in [0.25, 0.3) is 0 Å². The molecule has 0 spiro atoms. The van der Waals surface area contributed by atoms with Gasteiger partial charge in [0.15, 0.2) is 0 Å². The summed E-state index contributed by atoms with van der Waals surface area (Å²) in [7, 11) is 0. The Kier molecular flexibility index (Phi) is 5.29. The number of nitrogens with zero attached hydrogens (tertiary/aromatic N) is 4. The van der Waals surface area contributed by atoms with Crippen LogP contribution >= 0.6 is 0 Å². The van der Waals surface area contributed by atoms with Gasteiger partial charge in [-0.25, -0.2) is 0 Å². The first-order valence-electron chi connectivity index (χ1n) is 8.82. The van der Waals surface area contributed by atoms with Gasteiger partial charge in [-0.1, -0.05) is 12.1 Å². The zero-order valence-electron chi connectivity index (χ0n) is 15.3. The second-order valence-corrected chi connectivity index (χ2v) is 6.42. The Bertz CT molecular complexity index is 817. The van der Waals surface area contributed by atoms with Gasteiger partial charge in [-0.05, 0) is 26.2 Å². The summed E-state index contributed by atoms with van der Waals surface area (Å²) >= 11 is 0. The highest BCUT2D eigenvalue weighted by Crippen LogP contribution is 2.33. The molecule has 1 aliphatic rings. The Hall–Kier alpha value is -2.77. The van der Waals surface area contributed by atoms with Crippen LogP contribution < -0.4 is 5.32 Å². The highest BCUT2D eigenvalue weighted by molar-refractivity contribution is 5.96. The van der Waals surface area contributed by atoms with Gasteiger partial charge in [0.05, 0.1) is 42.1 Å². The van der Waals surface area contributed by atoms with Gasteiger partial charge in [0, 0.05) is 13.5 Å². The number of nitrogens with one attached hydrogen (secondary N) is 1. The van der Waals surface area contributed by atoms with Crippen molar-refractivity contribution in [3.63, 3.8) is 0 Å². The summed E-state index contributed by atoms with van der Waals surface area (Å²) in [6.07, 6.45) is 5.69. The molecule has 0 saturated carbocycles. The van der Waals surface area contributed by atoms with Gasteiger partial charge in [0.1, 0.15) is 11.3 Å². The molecule has 8 heteroatoms. The van der Waals surface area contributed by atoms with Crippen molar-refractivity contribution in [2.24, 2.45) is 0 Å². The first-order valence-corrected chi connectivity index (χ1v) is 8.82. The SMILES string of the molecule is CCc1noc(C)c1C(=O)N1CCCC1c1cncc(CNC(C)=O)n1. The second-order valence-electron chi connectivity index (χ2n) is 6.42. The van der Waals surface area contributed by atoms with Crippen LogP contribution in [0, 0.1) is 6.92 Å². The fourth-order valence-electron chi connectivity index (χ4n) is 3.28. The van der Waals surface area contributed by atoms with Crippen molar-refractivity contribution >= 4 is 11.8 Å². The molecular formula is C18H23N5O3. The van der Waals surface area contributed by atoms with Gasteiger partial charge >= 0.3 is 0 Å². The van der Waals surface area contributed by atoms with Gasteiger partial charge in [-0.3, -0.25) is 19.6 Å². The first kappa shape index (κ1) is 18.0. The van der Waals surface area contributed by atoms with Crippen LogP contribution in [0.2, 0.25) is 0 Å². The molecule has 1 unspecified atom stereocenters. The van der Waals surface area contributed by atoms with Crippen LogP contribution in [0.3, 0.4) is 0 Å². The smallest absolute Gasteiger partial charge is 0.259 e. The summed E-state index contributed by atoms with van der Waals surface area (Å²) in [5.74, 6) is 0.352. The fourth-order valence-corrected chi connectivity index (χ4v) is 3.28. The van der Waals surface area contributed by atoms with Gasteiger partial charge < -0.3 is 14.7 Å². The maximum Gasteiger partial charge on any atom is 0.259 e. The average Bonchev–Trinajstić information content (AvgIpc) is 3.26. The number of carbonyl (C=O) groups excluding carboxylic acids is 2. The van der Waals surface area contributed by atoms with Crippen LogP contribution in [0.5, 0.6) is 0 Å². The molecule has 26 heavy (non-hydrogen) atoms. The van der Waals surface area contributed by atoms with E-state index in [0.717, 1.165) is 18.5 Å². The normalized spacial score (nSPS) is 16.7. The quantitative estimate of drug-likeness (QED) is 0.878. The maximum atomic E-state index is 13.1. The summed E-state index contributed by atoms with van der Waals surface area (Å²) in [4.78, 5) is 34.9. The first-order chi connectivity index (χ1) is 12.5. The van der Waals surface area contributed by atoms with E-state index in [9.17, 15) is 9.59 Å². The Morgan fingerprint density at radius 3 is 2.92 bits per heavy atom. The van der Waals surface area contributed by atoms with E-state index in [2.05, 4.69) is 20.4 Å². The van der Waals surface area contributed by atoms with E-state index in [-0.39, 0.29) is 17.9 Å². The van der Waals surface area contributed by atoms with Gasteiger partial charge in [0.2, 0.25) is 5.91 Å². The molecule has 0 bridgehead atoms. The highest BCUT2D eigenvalue weighted by Gasteiger charge is 2.34. The van der Waals surface area contributed by atoms with Gasteiger partial charge in [-0.2, -0.15) is 0 Å². The molecule has 8 nitrogen and oxygen atoms in total. The minimum Gasteiger partial charge on any atom is -0.361 e. The molecule has 2 aromatic rings. The minimum absolute atomic E-state index is 0.0721. The summed E-state index contributed by atoms with van der Waals surface area (Å²) in [5, 5.41) is 6.70. The lowest BCUT2D eigenvalue weighted by atomic mass is 10.1. The lowest BCUT2D eigenvalue weighted by Gasteiger charge is -2.24. The molecule has 2 amide bonds. The zero-order chi connectivity index (χ0) is 18.7. The second kappa shape index (κ2) is 7.63. The zero-order valence-corrected chi connectivity index (χ0v) is 15.3. The number of hydrogen-bond donors (Lipinski definition) is 1. The van der Waals surface area contributed by atoms with Crippen LogP contribution in [0.1, 0.15) is 65.9 Å². The van der Waals surface area contributed by atoms with Crippen molar-refractivity contribution in [1.29, 1.82) is 0 Å². The molecule has 0 radical (unpaired) electrons. The van der Waals surface area contributed by atoms with E-state index in [1.54, 1.807) is 19.3 Å². The summed E-state index contributed by atoms with van der Waals surface area (Å²) < 4.78 is 5.22. The molecule has 1 N–H and O–H groups in total. The van der Waals surface area contributed by atoms with Crippen molar-refractivity contribution in [2.75, 3.05) is 6.54 Å².